The van der Waals surface area contributed by atoms with Crippen LogP contribution in [0.2, 0.25) is 0 Å². The van der Waals surface area contributed by atoms with Crippen LogP contribution in [0.5, 0.6) is 11.5 Å². The van der Waals surface area contributed by atoms with Crippen LogP contribution in [0, 0.1) is 0 Å². The summed E-state index contributed by atoms with van der Waals surface area (Å²) in [5.74, 6) is -0.174. The second-order valence-corrected chi connectivity index (χ2v) is 7.40. The zero-order valence-corrected chi connectivity index (χ0v) is 16.1. The van der Waals surface area contributed by atoms with Crippen LogP contribution in [-0.4, -0.2) is 35.7 Å². The molecule has 0 fully saturated rings. The summed E-state index contributed by atoms with van der Waals surface area (Å²) < 4.78 is 43.3. The van der Waals surface area contributed by atoms with Gasteiger partial charge in [0, 0.05) is 16.6 Å². The smallest absolute Gasteiger partial charge is 0.340 e. The Morgan fingerprint density at radius 2 is 1.56 bits per heavy atom. The fraction of sp³-hybridized carbons (Fsp3) is 0.188. The van der Waals surface area contributed by atoms with Gasteiger partial charge in [-0.1, -0.05) is 15.9 Å². The van der Waals surface area contributed by atoms with Gasteiger partial charge in [0.25, 0.3) is 10.0 Å². The normalized spacial score (nSPS) is 10.9. The first-order valence-corrected chi connectivity index (χ1v) is 9.22. The van der Waals surface area contributed by atoms with Crippen molar-refractivity contribution in [3.63, 3.8) is 0 Å². The summed E-state index contributed by atoms with van der Waals surface area (Å²) in [5, 5.41) is 0. The molecule has 25 heavy (non-hydrogen) atoms. The summed E-state index contributed by atoms with van der Waals surface area (Å²) in [4.78, 5) is 12.1. The molecule has 0 aromatic heterocycles. The number of carbonyl (C=O) groups is 1. The van der Waals surface area contributed by atoms with Crippen LogP contribution in [0.3, 0.4) is 0 Å². The fourth-order valence-electron chi connectivity index (χ4n) is 2.06. The highest BCUT2D eigenvalue weighted by Gasteiger charge is 2.22. The number of rotatable bonds is 6. The molecule has 0 bridgehead atoms. The van der Waals surface area contributed by atoms with E-state index < -0.39 is 16.0 Å². The number of benzene rings is 2. The molecular formula is C16H16BrNO6S. The van der Waals surface area contributed by atoms with E-state index in [0.29, 0.717) is 0 Å². The lowest BCUT2D eigenvalue weighted by atomic mass is 10.1. The molecule has 134 valence electrons. The Morgan fingerprint density at radius 1 is 1.00 bits per heavy atom. The third-order valence-corrected chi connectivity index (χ3v) is 5.21. The number of anilines is 1. The van der Waals surface area contributed by atoms with Crippen LogP contribution in [0.4, 0.5) is 5.69 Å². The largest absolute Gasteiger partial charge is 0.493 e. The average molecular weight is 430 g/mol. The zero-order valence-electron chi connectivity index (χ0n) is 13.7. The first-order valence-electron chi connectivity index (χ1n) is 6.95. The van der Waals surface area contributed by atoms with E-state index in [1.807, 2.05) is 0 Å². The Bertz CT molecular complexity index is 880. The van der Waals surface area contributed by atoms with Gasteiger partial charge in [-0.05, 0) is 24.3 Å². The molecule has 7 nitrogen and oxygen atoms in total. The first kappa shape index (κ1) is 19.1. The molecule has 0 radical (unpaired) electrons. The molecular weight excluding hydrogens is 414 g/mol. The number of ether oxygens (including phenoxy) is 3. The van der Waals surface area contributed by atoms with Crippen LogP contribution >= 0.6 is 15.9 Å². The lowest BCUT2D eigenvalue weighted by Gasteiger charge is -2.15. The van der Waals surface area contributed by atoms with Crippen LogP contribution in [0.1, 0.15) is 10.4 Å². The number of hydrogen-bond donors (Lipinski definition) is 1. The van der Waals surface area contributed by atoms with Crippen LogP contribution in [0.15, 0.2) is 45.8 Å². The van der Waals surface area contributed by atoms with Crippen LogP contribution < -0.4 is 14.2 Å². The molecule has 0 saturated heterocycles. The van der Waals surface area contributed by atoms with Crippen molar-refractivity contribution in [3.05, 3.63) is 46.4 Å². The molecule has 2 aromatic rings. The SMILES string of the molecule is COC(=O)c1cc(OC)c(OC)cc1NS(=O)(=O)c1ccc(Br)cc1. The molecule has 9 heteroatoms. The Balaban J connectivity index is 2.53. The van der Waals surface area contributed by atoms with Crippen molar-refractivity contribution >= 4 is 37.6 Å². The summed E-state index contributed by atoms with van der Waals surface area (Å²) in [5.41, 5.74) is 0.0215. The molecule has 0 aliphatic heterocycles. The minimum atomic E-state index is -3.91. The van der Waals surface area contributed by atoms with E-state index in [9.17, 15) is 13.2 Å². The molecule has 0 unspecified atom stereocenters. The van der Waals surface area contributed by atoms with Gasteiger partial charge in [0.2, 0.25) is 0 Å². The third-order valence-electron chi connectivity index (χ3n) is 3.30. The molecule has 0 amide bonds. The molecule has 0 saturated carbocycles. The van der Waals surface area contributed by atoms with E-state index in [0.717, 1.165) is 4.47 Å². The first-order chi connectivity index (χ1) is 11.8. The van der Waals surface area contributed by atoms with E-state index in [1.165, 1.54) is 45.6 Å². The number of sulfonamides is 1. The van der Waals surface area contributed by atoms with Gasteiger partial charge in [-0.25, -0.2) is 13.2 Å². The summed E-state index contributed by atoms with van der Waals surface area (Å²) in [6, 6.07) is 8.79. The zero-order chi connectivity index (χ0) is 18.6. The lowest BCUT2D eigenvalue weighted by molar-refractivity contribution is 0.0601. The lowest BCUT2D eigenvalue weighted by Crippen LogP contribution is -2.16. The Labute approximate surface area is 154 Å². The van der Waals surface area contributed by atoms with Gasteiger partial charge in [-0.2, -0.15) is 0 Å². The molecule has 0 spiro atoms. The average Bonchev–Trinajstić information content (AvgIpc) is 2.60. The number of carbonyl (C=O) groups excluding carboxylic acids is 1. The second-order valence-electron chi connectivity index (χ2n) is 4.80. The highest BCUT2D eigenvalue weighted by molar-refractivity contribution is 9.10. The Kier molecular flexibility index (Phi) is 5.91. The van der Waals surface area contributed by atoms with E-state index in [1.54, 1.807) is 12.1 Å². The van der Waals surface area contributed by atoms with Crippen molar-refractivity contribution in [2.75, 3.05) is 26.1 Å². The van der Waals surface area contributed by atoms with Gasteiger partial charge in [-0.15, -0.1) is 0 Å². The van der Waals surface area contributed by atoms with Crippen molar-refractivity contribution in [1.29, 1.82) is 0 Å². The maximum absolute atomic E-state index is 12.6. The van der Waals surface area contributed by atoms with Gasteiger partial charge in [-0.3, -0.25) is 4.72 Å². The molecule has 0 atom stereocenters. The third kappa shape index (κ3) is 4.23. The van der Waals surface area contributed by atoms with Gasteiger partial charge in [0.05, 0.1) is 37.5 Å². The number of methoxy groups -OCH3 is 3. The fourth-order valence-corrected chi connectivity index (χ4v) is 3.39. The minimum Gasteiger partial charge on any atom is -0.493 e. The van der Waals surface area contributed by atoms with Gasteiger partial charge in [0.15, 0.2) is 11.5 Å². The molecule has 2 rings (SSSR count). The molecule has 2 aromatic carbocycles. The summed E-state index contributed by atoms with van der Waals surface area (Å²) in [6.45, 7) is 0. The van der Waals surface area contributed by atoms with Crippen molar-refractivity contribution in [2.45, 2.75) is 4.90 Å². The number of nitrogens with one attached hydrogen (secondary N) is 1. The van der Waals surface area contributed by atoms with Crippen molar-refractivity contribution in [1.82, 2.24) is 0 Å². The predicted octanol–water partition coefficient (Wildman–Crippen LogP) is 3.05. The maximum Gasteiger partial charge on any atom is 0.340 e. The molecule has 0 aliphatic carbocycles. The number of hydrogen-bond acceptors (Lipinski definition) is 6. The van der Waals surface area contributed by atoms with Gasteiger partial charge < -0.3 is 14.2 Å². The predicted molar refractivity (Wildman–Crippen MR) is 95.8 cm³/mol. The molecule has 1 N–H and O–H groups in total. The topological polar surface area (TPSA) is 90.9 Å². The minimum absolute atomic E-state index is 0.000775. The van der Waals surface area contributed by atoms with Crippen molar-refractivity contribution in [2.24, 2.45) is 0 Å². The molecule has 0 heterocycles. The maximum atomic E-state index is 12.6. The Hall–Kier alpha value is -2.26. The monoisotopic (exact) mass is 429 g/mol. The summed E-state index contributed by atoms with van der Waals surface area (Å²) in [7, 11) is 0.0993. The van der Waals surface area contributed by atoms with E-state index in [2.05, 4.69) is 20.7 Å². The molecule has 0 aliphatic rings. The number of esters is 1. The highest BCUT2D eigenvalue weighted by atomic mass is 79.9. The van der Waals surface area contributed by atoms with Gasteiger partial charge in [0.1, 0.15) is 0 Å². The second kappa shape index (κ2) is 7.75. The number of halogens is 1. The van der Waals surface area contributed by atoms with Crippen molar-refractivity contribution in [3.8, 4) is 11.5 Å². The summed E-state index contributed by atoms with van der Waals surface area (Å²) in [6.07, 6.45) is 0. The van der Waals surface area contributed by atoms with Crippen LogP contribution in [0.25, 0.3) is 0 Å². The quantitative estimate of drug-likeness (QED) is 0.709. The van der Waals surface area contributed by atoms with E-state index in [-0.39, 0.29) is 27.6 Å². The van der Waals surface area contributed by atoms with E-state index in [4.69, 9.17) is 14.2 Å². The highest BCUT2D eigenvalue weighted by Crippen LogP contribution is 2.34. The van der Waals surface area contributed by atoms with Crippen LogP contribution in [-0.2, 0) is 14.8 Å². The van der Waals surface area contributed by atoms with Gasteiger partial charge >= 0.3 is 5.97 Å². The summed E-state index contributed by atoms with van der Waals surface area (Å²) >= 11 is 3.25. The Morgan fingerprint density at radius 3 is 2.08 bits per heavy atom. The van der Waals surface area contributed by atoms with Crippen molar-refractivity contribution < 1.29 is 27.4 Å². The standard InChI is InChI=1S/C16H16BrNO6S/c1-22-14-8-12(16(19)24-3)13(9-15(14)23-2)18-25(20,21)11-6-4-10(17)5-7-11/h4-9,18H,1-3H3. The van der Waals surface area contributed by atoms with E-state index >= 15 is 0 Å².